The van der Waals surface area contributed by atoms with Crippen molar-refractivity contribution >= 4 is 17.2 Å². The van der Waals surface area contributed by atoms with Gasteiger partial charge >= 0.3 is 0 Å². The molecular formula is C19H25N3O2S. The molecule has 0 radical (unpaired) electrons. The Labute approximate surface area is 152 Å². The third kappa shape index (κ3) is 3.13. The monoisotopic (exact) mass is 359 g/mol. The maximum absolute atomic E-state index is 12.6. The van der Waals surface area contributed by atoms with Gasteiger partial charge < -0.3 is 9.64 Å². The van der Waals surface area contributed by atoms with Crippen LogP contribution in [0.1, 0.15) is 41.1 Å². The minimum atomic E-state index is -0.145. The molecule has 2 aromatic heterocycles. The molecule has 0 unspecified atom stereocenters. The zero-order valence-corrected chi connectivity index (χ0v) is 15.8. The van der Waals surface area contributed by atoms with E-state index in [2.05, 4.69) is 16.5 Å². The first-order valence-corrected chi connectivity index (χ1v) is 9.95. The molecule has 0 atom stereocenters. The zero-order valence-electron chi connectivity index (χ0n) is 15.0. The van der Waals surface area contributed by atoms with Gasteiger partial charge in [0.25, 0.3) is 0 Å². The van der Waals surface area contributed by atoms with Crippen LogP contribution in [0.5, 0.6) is 0 Å². The molecule has 25 heavy (non-hydrogen) atoms. The second-order valence-corrected chi connectivity index (χ2v) is 8.06. The van der Waals surface area contributed by atoms with Gasteiger partial charge in [-0.25, -0.2) is 0 Å². The summed E-state index contributed by atoms with van der Waals surface area (Å²) < 4.78 is 8.16. The zero-order chi connectivity index (χ0) is 17.4. The summed E-state index contributed by atoms with van der Waals surface area (Å²) in [7, 11) is 0. The fraction of sp³-hybridized carbons (Fsp3) is 0.579. The smallest absolute Gasteiger partial charge is 0.224 e. The van der Waals surface area contributed by atoms with E-state index in [4.69, 9.17) is 4.74 Å². The van der Waals surface area contributed by atoms with Crippen LogP contribution in [-0.2, 0) is 28.1 Å². The van der Waals surface area contributed by atoms with Crippen molar-refractivity contribution in [1.29, 1.82) is 0 Å². The summed E-state index contributed by atoms with van der Waals surface area (Å²) in [5, 5.41) is 6.62. The van der Waals surface area contributed by atoms with Gasteiger partial charge in [-0.2, -0.15) is 5.10 Å². The maximum Gasteiger partial charge on any atom is 0.224 e. The van der Waals surface area contributed by atoms with Gasteiger partial charge in [0.2, 0.25) is 5.91 Å². The number of aryl methyl sites for hydroxylation is 3. The van der Waals surface area contributed by atoms with Crippen LogP contribution < -0.4 is 0 Å². The normalized spacial score (nSPS) is 19.2. The molecule has 2 aliphatic heterocycles. The van der Waals surface area contributed by atoms with Gasteiger partial charge in [-0.05, 0) is 56.2 Å². The van der Waals surface area contributed by atoms with Crippen LogP contribution in [0.15, 0.2) is 17.5 Å². The van der Waals surface area contributed by atoms with Crippen LogP contribution in [0.2, 0.25) is 0 Å². The molecule has 134 valence electrons. The first-order chi connectivity index (χ1) is 12.1. The van der Waals surface area contributed by atoms with Gasteiger partial charge in [0, 0.05) is 36.6 Å². The Morgan fingerprint density at radius 2 is 2.16 bits per heavy atom. The molecule has 0 aliphatic carbocycles. The van der Waals surface area contributed by atoms with Crippen LogP contribution >= 0.6 is 11.3 Å². The summed E-state index contributed by atoms with van der Waals surface area (Å²) in [6.45, 7) is 7.05. The Bertz CT molecular complexity index is 771. The Morgan fingerprint density at radius 1 is 1.36 bits per heavy atom. The van der Waals surface area contributed by atoms with E-state index in [9.17, 15) is 4.79 Å². The lowest BCUT2D eigenvalue weighted by Crippen LogP contribution is -2.48. The second-order valence-electron chi connectivity index (χ2n) is 7.15. The number of rotatable bonds is 3. The third-order valence-corrected chi connectivity index (χ3v) is 6.62. The van der Waals surface area contributed by atoms with Crippen LogP contribution in [0.4, 0.5) is 0 Å². The molecule has 1 amide bonds. The fourth-order valence-electron chi connectivity index (χ4n) is 4.10. The van der Waals surface area contributed by atoms with Crippen LogP contribution in [-0.4, -0.2) is 40.3 Å². The molecule has 4 rings (SSSR count). The van der Waals surface area contributed by atoms with Crippen LogP contribution in [0, 0.1) is 13.8 Å². The average Bonchev–Trinajstić information content (AvgIpc) is 3.20. The van der Waals surface area contributed by atoms with Crippen molar-refractivity contribution in [3.63, 3.8) is 0 Å². The predicted molar refractivity (Wildman–Crippen MR) is 97.8 cm³/mol. The highest BCUT2D eigenvalue weighted by Gasteiger charge is 2.42. The molecule has 1 spiro atoms. The van der Waals surface area contributed by atoms with Crippen molar-refractivity contribution in [2.75, 3.05) is 19.7 Å². The standard InChI is InChI=1S/C19H25N3O2S/c1-14-13-15(2)22(20-14)8-3-17(23)21-9-6-19(7-10-21)18-16(4-11-24-19)5-12-25-18/h5,12-13H,3-4,6-11H2,1-2H3. The SMILES string of the molecule is Cc1cc(C)n(CCC(=O)N2CCC3(CC2)OCCc2ccsc23)n1. The summed E-state index contributed by atoms with van der Waals surface area (Å²) in [5.41, 5.74) is 3.42. The van der Waals surface area contributed by atoms with Crippen molar-refractivity contribution < 1.29 is 9.53 Å². The largest absolute Gasteiger partial charge is 0.369 e. The highest BCUT2D eigenvalue weighted by Crippen LogP contribution is 2.44. The summed E-state index contributed by atoms with van der Waals surface area (Å²) >= 11 is 1.81. The number of hydrogen-bond acceptors (Lipinski definition) is 4. The van der Waals surface area contributed by atoms with E-state index in [-0.39, 0.29) is 11.5 Å². The van der Waals surface area contributed by atoms with E-state index in [1.807, 2.05) is 40.8 Å². The van der Waals surface area contributed by atoms with Gasteiger partial charge in [-0.3, -0.25) is 9.48 Å². The first kappa shape index (κ1) is 16.8. The van der Waals surface area contributed by atoms with Crippen molar-refractivity contribution in [1.82, 2.24) is 14.7 Å². The Morgan fingerprint density at radius 3 is 2.88 bits per heavy atom. The van der Waals surface area contributed by atoms with Crippen molar-refractivity contribution in [2.45, 2.75) is 51.7 Å². The van der Waals surface area contributed by atoms with E-state index >= 15 is 0 Å². The van der Waals surface area contributed by atoms with Crippen LogP contribution in [0.3, 0.4) is 0 Å². The Kier molecular flexibility index (Phi) is 4.41. The molecule has 0 N–H and O–H groups in total. The molecule has 2 aliphatic rings. The van der Waals surface area contributed by atoms with Gasteiger partial charge in [0.15, 0.2) is 0 Å². The number of carbonyl (C=O) groups is 1. The number of nitrogens with zero attached hydrogens (tertiary/aromatic N) is 3. The highest BCUT2D eigenvalue weighted by atomic mass is 32.1. The number of hydrogen-bond donors (Lipinski definition) is 0. The van der Waals surface area contributed by atoms with E-state index < -0.39 is 0 Å². The highest BCUT2D eigenvalue weighted by molar-refractivity contribution is 7.10. The van der Waals surface area contributed by atoms with E-state index in [1.54, 1.807) is 0 Å². The van der Waals surface area contributed by atoms with Gasteiger partial charge in [-0.1, -0.05) is 0 Å². The summed E-state index contributed by atoms with van der Waals surface area (Å²) in [4.78, 5) is 16.0. The molecule has 1 fully saturated rings. The van der Waals surface area contributed by atoms with Crippen molar-refractivity contribution in [3.8, 4) is 0 Å². The fourth-order valence-corrected chi connectivity index (χ4v) is 5.27. The topological polar surface area (TPSA) is 47.4 Å². The summed E-state index contributed by atoms with van der Waals surface area (Å²) in [6.07, 6.45) is 3.35. The quantitative estimate of drug-likeness (QED) is 0.846. The van der Waals surface area contributed by atoms with Gasteiger partial charge in [0.05, 0.1) is 12.3 Å². The molecule has 2 aromatic rings. The number of ether oxygens (including phenoxy) is 1. The lowest BCUT2D eigenvalue weighted by atomic mass is 9.85. The summed E-state index contributed by atoms with van der Waals surface area (Å²) in [5.74, 6) is 0.226. The maximum atomic E-state index is 12.6. The number of carbonyl (C=O) groups excluding carboxylic acids is 1. The second kappa shape index (κ2) is 6.57. The molecule has 4 heterocycles. The lowest BCUT2D eigenvalue weighted by molar-refractivity contribution is -0.140. The molecule has 5 nitrogen and oxygen atoms in total. The molecule has 6 heteroatoms. The van der Waals surface area contributed by atoms with Crippen LogP contribution in [0.25, 0.3) is 0 Å². The molecule has 0 aromatic carbocycles. The third-order valence-electron chi connectivity index (χ3n) is 5.47. The van der Waals surface area contributed by atoms with Gasteiger partial charge in [-0.15, -0.1) is 11.3 Å². The van der Waals surface area contributed by atoms with Crippen molar-refractivity contribution in [3.05, 3.63) is 39.3 Å². The number of likely N-dealkylation sites (tertiary alicyclic amines) is 1. The molecule has 0 bridgehead atoms. The predicted octanol–water partition coefficient (Wildman–Crippen LogP) is 3.04. The molecular weight excluding hydrogens is 334 g/mol. The number of amides is 1. The first-order valence-electron chi connectivity index (χ1n) is 9.07. The minimum Gasteiger partial charge on any atom is -0.369 e. The number of piperidine rings is 1. The van der Waals surface area contributed by atoms with E-state index in [0.29, 0.717) is 13.0 Å². The Hall–Kier alpha value is -1.66. The lowest BCUT2D eigenvalue weighted by Gasteiger charge is -2.43. The van der Waals surface area contributed by atoms with Crippen molar-refractivity contribution in [2.24, 2.45) is 0 Å². The number of fused-ring (bicyclic) bond motifs is 2. The summed E-state index contributed by atoms with van der Waals surface area (Å²) in [6, 6.07) is 4.28. The molecule has 1 saturated heterocycles. The minimum absolute atomic E-state index is 0.145. The number of thiophene rings is 1. The molecule has 0 saturated carbocycles. The Balaban J connectivity index is 1.36. The van der Waals surface area contributed by atoms with Gasteiger partial charge in [0.1, 0.15) is 5.60 Å². The van der Waals surface area contributed by atoms with E-state index in [0.717, 1.165) is 50.3 Å². The number of aromatic nitrogens is 2. The average molecular weight is 359 g/mol. The van der Waals surface area contributed by atoms with E-state index in [1.165, 1.54) is 10.4 Å².